The van der Waals surface area contributed by atoms with Gasteiger partial charge in [0.25, 0.3) is 0 Å². The first-order chi connectivity index (χ1) is 14.2. The number of carbonyl (C=O) groups is 1. The highest BCUT2D eigenvalue weighted by molar-refractivity contribution is 7.99. The quantitative estimate of drug-likeness (QED) is 0.365. The Morgan fingerprint density at radius 1 is 1.10 bits per heavy atom. The van der Waals surface area contributed by atoms with Crippen molar-refractivity contribution in [2.24, 2.45) is 0 Å². The van der Waals surface area contributed by atoms with Crippen LogP contribution in [-0.2, 0) is 11.3 Å². The molecule has 3 aromatic heterocycles. The topological polar surface area (TPSA) is 67.0 Å². The van der Waals surface area contributed by atoms with Crippen molar-refractivity contribution in [3.05, 3.63) is 64.9 Å². The monoisotopic (exact) mass is 441 g/mol. The van der Waals surface area contributed by atoms with Gasteiger partial charge in [-0.25, -0.2) is 4.98 Å². The van der Waals surface area contributed by atoms with Gasteiger partial charge in [0.2, 0.25) is 5.91 Å². The summed E-state index contributed by atoms with van der Waals surface area (Å²) >= 11 is 4.74. The lowest BCUT2D eigenvalue weighted by molar-refractivity contribution is -0.118. The summed E-state index contributed by atoms with van der Waals surface area (Å²) in [5.74, 6) is 1.08. The van der Waals surface area contributed by atoms with Gasteiger partial charge in [-0.1, -0.05) is 36.0 Å². The van der Waals surface area contributed by atoms with E-state index in [4.69, 9.17) is 9.72 Å². The van der Waals surface area contributed by atoms with Crippen molar-refractivity contribution in [1.29, 1.82) is 0 Å². The molecule has 2 N–H and O–H groups in total. The van der Waals surface area contributed by atoms with E-state index in [1.54, 1.807) is 29.8 Å². The van der Waals surface area contributed by atoms with Gasteiger partial charge in [-0.2, -0.15) is 0 Å². The Balaban J connectivity index is 1.39. The third-order valence-electron chi connectivity index (χ3n) is 4.19. The Morgan fingerprint density at radius 3 is 2.48 bits per heavy atom. The maximum atomic E-state index is 12.3. The number of aromatic amines is 1. The Hall–Kier alpha value is -2.55. The Morgan fingerprint density at radius 2 is 1.83 bits per heavy atom. The minimum atomic E-state index is -0.0300. The van der Waals surface area contributed by atoms with Crippen molar-refractivity contribution in [2.45, 2.75) is 11.7 Å². The number of benzene rings is 1. The van der Waals surface area contributed by atoms with E-state index in [1.807, 2.05) is 47.2 Å². The minimum Gasteiger partial charge on any atom is -0.497 e. The van der Waals surface area contributed by atoms with Crippen LogP contribution in [0.2, 0.25) is 0 Å². The zero-order chi connectivity index (χ0) is 20.1. The van der Waals surface area contributed by atoms with Crippen LogP contribution in [0.4, 0.5) is 0 Å². The number of ether oxygens (including phenoxy) is 1. The van der Waals surface area contributed by atoms with E-state index in [-0.39, 0.29) is 5.91 Å². The lowest BCUT2D eigenvalue weighted by atomic mass is 10.2. The molecule has 4 rings (SSSR count). The first-order valence-corrected chi connectivity index (χ1v) is 11.7. The molecule has 0 aliphatic rings. The van der Waals surface area contributed by atoms with Gasteiger partial charge in [0, 0.05) is 6.54 Å². The number of carbonyl (C=O) groups excluding carboxylic acids is 1. The van der Waals surface area contributed by atoms with Gasteiger partial charge in [0.1, 0.15) is 11.4 Å². The standard InChI is InChI=1S/C21H19N3O2S3/c1-26-15-8-6-14(7-9-15)12-22-18(25)13-29-21-23-19(16-4-2-10-27-16)20(24-21)17-5-3-11-28-17/h2-11H,12-13H2,1H3,(H,22,25)(H,23,24). The minimum absolute atomic E-state index is 0.0300. The largest absolute Gasteiger partial charge is 0.497 e. The molecule has 0 spiro atoms. The first kappa shape index (κ1) is 19.8. The number of H-pyrrole nitrogens is 1. The van der Waals surface area contributed by atoms with Gasteiger partial charge in [-0.15, -0.1) is 22.7 Å². The van der Waals surface area contributed by atoms with Crippen molar-refractivity contribution in [2.75, 3.05) is 12.9 Å². The summed E-state index contributed by atoms with van der Waals surface area (Å²) in [6, 6.07) is 15.8. The van der Waals surface area contributed by atoms with Crippen LogP contribution in [0.15, 0.2) is 64.4 Å². The second-order valence-corrected chi connectivity index (χ2v) is 8.99. The first-order valence-electron chi connectivity index (χ1n) is 8.93. The highest BCUT2D eigenvalue weighted by atomic mass is 32.2. The predicted octanol–water partition coefficient (Wildman–Crippen LogP) is 5.28. The van der Waals surface area contributed by atoms with E-state index in [0.29, 0.717) is 12.3 Å². The molecule has 0 atom stereocenters. The average molecular weight is 442 g/mol. The normalized spacial score (nSPS) is 10.8. The van der Waals surface area contributed by atoms with E-state index in [2.05, 4.69) is 22.4 Å². The number of nitrogens with one attached hydrogen (secondary N) is 2. The molecule has 8 heteroatoms. The Kier molecular flexibility index (Phi) is 6.33. The summed E-state index contributed by atoms with van der Waals surface area (Å²) in [5, 5.41) is 7.78. The molecule has 0 aliphatic heterocycles. The van der Waals surface area contributed by atoms with Crippen molar-refractivity contribution in [3.63, 3.8) is 0 Å². The molecule has 0 saturated heterocycles. The number of aromatic nitrogens is 2. The van der Waals surface area contributed by atoms with E-state index in [9.17, 15) is 4.79 Å². The molecule has 0 saturated carbocycles. The molecule has 5 nitrogen and oxygen atoms in total. The lowest BCUT2D eigenvalue weighted by Crippen LogP contribution is -2.24. The van der Waals surface area contributed by atoms with Gasteiger partial charge in [0.15, 0.2) is 5.16 Å². The van der Waals surface area contributed by atoms with Crippen molar-refractivity contribution >= 4 is 40.3 Å². The van der Waals surface area contributed by atoms with Crippen molar-refractivity contribution < 1.29 is 9.53 Å². The third kappa shape index (κ3) is 4.90. The van der Waals surface area contributed by atoms with Crippen LogP contribution in [0, 0.1) is 0 Å². The number of thiophene rings is 2. The molecular weight excluding hydrogens is 422 g/mol. The molecule has 29 heavy (non-hydrogen) atoms. The van der Waals surface area contributed by atoms with Gasteiger partial charge < -0.3 is 15.0 Å². The number of hydrogen-bond acceptors (Lipinski definition) is 6. The summed E-state index contributed by atoms with van der Waals surface area (Å²) in [6.45, 7) is 0.489. The summed E-state index contributed by atoms with van der Waals surface area (Å²) < 4.78 is 5.15. The third-order valence-corrected chi connectivity index (χ3v) is 6.83. The number of hydrogen-bond donors (Lipinski definition) is 2. The van der Waals surface area contributed by atoms with Crippen LogP contribution >= 0.6 is 34.4 Å². The molecule has 0 unspecified atom stereocenters. The summed E-state index contributed by atoms with van der Waals surface area (Å²) in [4.78, 5) is 22.7. The molecule has 0 radical (unpaired) electrons. The number of thioether (sulfide) groups is 1. The van der Waals surface area contributed by atoms with Crippen LogP contribution in [0.3, 0.4) is 0 Å². The van der Waals surface area contributed by atoms with Crippen LogP contribution in [0.5, 0.6) is 5.75 Å². The molecule has 148 valence electrons. The second-order valence-electron chi connectivity index (χ2n) is 6.13. The number of nitrogens with zero attached hydrogens (tertiary/aromatic N) is 1. The van der Waals surface area contributed by atoms with Crippen LogP contribution < -0.4 is 10.1 Å². The lowest BCUT2D eigenvalue weighted by Gasteiger charge is -2.05. The molecule has 0 aliphatic carbocycles. The number of rotatable bonds is 8. The molecule has 3 heterocycles. The molecule has 1 amide bonds. The zero-order valence-corrected chi connectivity index (χ0v) is 18.1. The van der Waals surface area contributed by atoms with E-state index >= 15 is 0 Å². The van der Waals surface area contributed by atoms with E-state index < -0.39 is 0 Å². The second kappa shape index (κ2) is 9.30. The maximum absolute atomic E-state index is 12.3. The Labute approximate surface area is 181 Å². The maximum Gasteiger partial charge on any atom is 0.230 e. The molecule has 4 aromatic rings. The summed E-state index contributed by atoms with van der Waals surface area (Å²) in [6.07, 6.45) is 0. The zero-order valence-electron chi connectivity index (χ0n) is 15.7. The molecule has 1 aromatic carbocycles. The van der Waals surface area contributed by atoms with Crippen LogP contribution in [-0.4, -0.2) is 28.7 Å². The SMILES string of the molecule is COc1ccc(CNC(=O)CSc2nc(-c3cccs3)c(-c3cccs3)[nH]2)cc1. The highest BCUT2D eigenvalue weighted by Gasteiger charge is 2.16. The number of amides is 1. The molecule has 0 bridgehead atoms. The van der Waals surface area contributed by atoms with Gasteiger partial charge in [-0.05, 0) is 40.6 Å². The Bertz CT molecular complexity index is 1000. The number of imidazole rings is 1. The fourth-order valence-corrected chi connectivity index (χ4v) is 4.89. The van der Waals surface area contributed by atoms with Crippen molar-refractivity contribution in [1.82, 2.24) is 15.3 Å². The van der Waals surface area contributed by atoms with Gasteiger partial charge in [0.05, 0.1) is 28.3 Å². The van der Waals surface area contributed by atoms with E-state index in [0.717, 1.165) is 37.6 Å². The van der Waals surface area contributed by atoms with Crippen LogP contribution in [0.1, 0.15) is 5.56 Å². The van der Waals surface area contributed by atoms with Crippen LogP contribution in [0.25, 0.3) is 21.1 Å². The summed E-state index contributed by atoms with van der Waals surface area (Å²) in [5.41, 5.74) is 2.97. The fourth-order valence-electron chi connectivity index (χ4n) is 2.74. The predicted molar refractivity (Wildman–Crippen MR) is 121 cm³/mol. The van der Waals surface area contributed by atoms with Gasteiger partial charge >= 0.3 is 0 Å². The smallest absolute Gasteiger partial charge is 0.230 e. The van der Waals surface area contributed by atoms with E-state index in [1.165, 1.54) is 11.8 Å². The van der Waals surface area contributed by atoms with Crippen molar-refractivity contribution in [3.8, 4) is 26.9 Å². The average Bonchev–Trinajstić information content (AvgIpc) is 3.51. The molecular formula is C21H19N3O2S3. The fraction of sp³-hybridized carbons (Fsp3) is 0.143. The number of methoxy groups -OCH3 is 1. The highest BCUT2D eigenvalue weighted by Crippen LogP contribution is 2.36. The summed E-state index contributed by atoms with van der Waals surface area (Å²) in [7, 11) is 1.64. The molecule has 0 fully saturated rings. The van der Waals surface area contributed by atoms with Gasteiger partial charge in [-0.3, -0.25) is 4.79 Å².